The van der Waals surface area contributed by atoms with Crippen molar-refractivity contribution in [2.75, 3.05) is 27.9 Å². The van der Waals surface area contributed by atoms with Gasteiger partial charge in [0.05, 0.1) is 27.4 Å². The van der Waals surface area contributed by atoms with E-state index in [0.717, 1.165) is 12.8 Å². The van der Waals surface area contributed by atoms with Crippen LogP contribution in [-0.2, 0) is 0 Å². The van der Waals surface area contributed by atoms with E-state index in [0.29, 0.717) is 29.4 Å². The number of nitrogens with zero attached hydrogens (tertiary/aromatic N) is 1. The first-order chi connectivity index (χ1) is 11.2. The number of benzene rings is 1. The summed E-state index contributed by atoms with van der Waals surface area (Å²) in [4.78, 5) is 14.8. The number of rotatable bonds is 7. The van der Waals surface area contributed by atoms with E-state index in [2.05, 4.69) is 18.7 Å². The zero-order valence-electron chi connectivity index (χ0n) is 13.9. The number of carbonyl (C=O) groups excluding carboxylic acids is 1. The molecule has 5 nitrogen and oxygen atoms in total. The molecule has 0 bridgehead atoms. The van der Waals surface area contributed by atoms with E-state index in [-0.39, 0.29) is 11.9 Å². The van der Waals surface area contributed by atoms with Gasteiger partial charge in [0.2, 0.25) is 5.75 Å². The minimum Gasteiger partial charge on any atom is -0.493 e. The van der Waals surface area contributed by atoms with Crippen LogP contribution in [0.1, 0.15) is 23.2 Å². The lowest BCUT2D eigenvalue weighted by Gasteiger charge is -2.27. The van der Waals surface area contributed by atoms with Crippen LogP contribution in [0.15, 0.2) is 36.9 Å². The van der Waals surface area contributed by atoms with Crippen LogP contribution in [-0.4, -0.2) is 44.7 Å². The van der Waals surface area contributed by atoms with E-state index in [9.17, 15) is 4.79 Å². The van der Waals surface area contributed by atoms with E-state index < -0.39 is 0 Å². The van der Waals surface area contributed by atoms with Crippen molar-refractivity contribution in [2.24, 2.45) is 0 Å². The monoisotopic (exact) mass is 317 g/mol. The van der Waals surface area contributed by atoms with Gasteiger partial charge in [-0.2, -0.15) is 0 Å². The van der Waals surface area contributed by atoms with E-state index >= 15 is 0 Å². The first-order valence-corrected chi connectivity index (χ1v) is 7.54. The average molecular weight is 317 g/mol. The molecule has 0 spiro atoms. The van der Waals surface area contributed by atoms with Crippen LogP contribution in [0.2, 0.25) is 0 Å². The van der Waals surface area contributed by atoms with Crippen LogP contribution < -0.4 is 14.2 Å². The summed E-state index contributed by atoms with van der Waals surface area (Å²) < 4.78 is 15.9. The normalized spacial score (nSPS) is 16.0. The molecule has 1 amide bonds. The lowest BCUT2D eigenvalue weighted by atomic mass is 10.1. The zero-order valence-corrected chi connectivity index (χ0v) is 13.9. The van der Waals surface area contributed by atoms with E-state index in [4.69, 9.17) is 14.2 Å². The molecule has 0 unspecified atom stereocenters. The number of hydrogen-bond acceptors (Lipinski definition) is 4. The van der Waals surface area contributed by atoms with Gasteiger partial charge in [0.25, 0.3) is 5.91 Å². The van der Waals surface area contributed by atoms with E-state index in [1.807, 2.05) is 0 Å². The highest BCUT2D eigenvalue weighted by atomic mass is 16.5. The molecule has 124 valence electrons. The summed E-state index contributed by atoms with van der Waals surface area (Å²) in [6.07, 6.45) is 7.83. The molecular formula is C18H23NO4. The van der Waals surface area contributed by atoms with Gasteiger partial charge in [0.1, 0.15) is 0 Å². The summed E-state index contributed by atoms with van der Waals surface area (Å²) in [6.45, 7) is 4.25. The number of methoxy groups -OCH3 is 3. The second-order valence-electron chi connectivity index (χ2n) is 5.23. The first-order valence-electron chi connectivity index (χ1n) is 7.54. The first kappa shape index (κ1) is 16.9. The minimum atomic E-state index is -0.0827. The smallest absolute Gasteiger partial charge is 0.254 e. The van der Waals surface area contributed by atoms with Crippen molar-refractivity contribution in [3.63, 3.8) is 0 Å². The largest absolute Gasteiger partial charge is 0.493 e. The van der Waals surface area contributed by atoms with Gasteiger partial charge in [-0.1, -0.05) is 18.2 Å². The number of amides is 1. The standard InChI is InChI=1S/C18H23NO4/c1-5-10-19(14-8-6-7-9-14)18(20)13-11-15(21-2)17(23-4)16(12-13)22-3/h5-6,8,11-12,14H,1,7,9-10H2,2-4H3/t14-/m1/s1. The maximum absolute atomic E-state index is 13.0. The van der Waals surface area contributed by atoms with Gasteiger partial charge in [-0.05, 0) is 25.0 Å². The second kappa shape index (κ2) is 7.72. The predicted octanol–water partition coefficient (Wildman–Crippen LogP) is 3.06. The Bertz CT molecular complexity index is 584. The lowest BCUT2D eigenvalue weighted by molar-refractivity contribution is 0.0733. The SMILES string of the molecule is C=CCN(C(=O)c1cc(OC)c(OC)c(OC)c1)[C@@H]1C=CCC1. The van der Waals surface area contributed by atoms with Crippen LogP contribution in [0.3, 0.4) is 0 Å². The maximum atomic E-state index is 13.0. The molecule has 0 fully saturated rings. The molecular weight excluding hydrogens is 294 g/mol. The average Bonchev–Trinajstić information content (AvgIpc) is 3.11. The van der Waals surface area contributed by atoms with Crippen molar-refractivity contribution in [1.82, 2.24) is 4.90 Å². The quantitative estimate of drug-likeness (QED) is 0.725. The zero-order chi connectivity index (χ0) is 16.8. The lowest BCUT2D eigenvalue weighted by Crippen LogP contribution is -2.38. The van der Waals surface area contributed by atoms with Crippen molar-refractivity contribution in [2.45, 2.75) is 18.9 Å². The molecule has 5 heteroatoms. The highest BCUT2D eigenvalue weighted by Gasteiger charge is 2.26. The van der Waals surface area contributed by atoms with Crippen LogP contribution in [0.4, 0.5) is 0 Å². The van der Waals surface area contributed by atoms with Gasteiger partial charge in [-0.25, -0.2) is 0 Å². The Morgan fingerprint density at radius 3 is 2.35 bits per heavy atom. The fraction of sp³-hybridized carbons (Fsp3) is 0.389. The third-order valence-electron chi connectivity index (χ3n) is 3.89. The van der Waals surface area contributed by atoms with Gasteiger partial charge in [0, 0.05) is 12.1 Å². The second-order valence-corrected chi connectivity index (χ2v) is 5.23. The van der Waals surface area contributed by atoms with Crippen molar-refractivity contribution >= 4 is 5.91 Å². The Hall–Kier alpha value is -2.43. The molecule has 23 heavy (non-hydrogen) atoms. The van der Waals surface area contributed by atoms with Gasteiger partial charge in [-0.3, -0.25) is 4.79 Å². The summed E-state index contributed by atoms with van der Waals surface area (Å²) in [5, 5.41) is 0. The number of carbonyl (C=O) groups is 1. The third-order valence-corrected chi connectivity index (χ3v) is 3.89. The molecule has 1 aromatic carbocycles. The predicted molar refractivity (Wildman–Crippen MR) is 89.5 cm³/mol. The fourth-order valence-electron chi connectivity index (χ4n) is 2.75. The van der Waals surface area contributed by atoms with Crippen molar-refractivity contribution in [1.29, 1.82) is 0 Å². The molecule has 2 rings (SSSR count). The summed E-state index contributed by atoms with van der Waals surface area (Å²) in [7, 11) is 4.61. The summed E-state index contributed by atoms with van der Waals surface area (Å²) >= 11 is 0. The molecule has 0 heterocycles. The van der Waals surface area contributed by atoms with Gasteiger partial charge in [-0.15, -0.1) is 6.58 Å². The van der Waals surface area contributed by atoms with Gasteiger partial charge < -0.3 is 19.1 Å². The molecule has 1 atom stereocenters. The van der Waals surface area contributed by atoms with Crippen molar-refractivity contribution in [3.8, 4) is 17.2 Å². The molecule has 0 radical (unpaired) electrons. The molecule has 0 aliphatic heterocycles. The highest BCUT2D eigenvalue weighted by Crippen LogP contribution is 2.38. The Labute approximate surface area is 137 Å². The Morgan fingerprint density at radius 2 is 1.91 bits per heavy atom. The summed E-state index contributed by atoms with van der Waals surface area (Å²) in [5.41, 5.74) is 0.502. The van der Waals surface area contributed by atoms with E-state index in [1.54, 1.807) is 23.1 Å². The summed E-state index contributed by atoms with van der Waals surface area (Å²) in [5.74, 6) is 1.33. The molecule has 1 aliphatic carbocycles. The molecule has 0 N–H and O–H groups in total. The third kappa shape index (κ3) is 3.50. The van der Waals surface area contributed by atoms with Crippen molar-refractivity contribution < 1.29 is 19.0 Å². The topological polar surface area (TPSA) is 48.0 Å². The Balaban J connectivity index is 2.40. The number of allylic oxidation sites excluding steroid dienone is 1. The van der Waals surface area contributed by atoms with Crippen LogP contribution in [0.25, 0.3) is 0 Å². The maximum Gasteiger partial charge on any atom is 0.254 e. The highest BCUT2D eigenvalue weighted by molar-refractivity contribution is 5.96. The van der Waals surface area contributed by atoms with E-state index in [1.165, 1.54) is 21.3 Å². The molecule has 1 aliphatic rings. The van der Waals surface area contributed by atoms with Gasteiger partial charge in [0.15, 0.2) is 11.5 Å². The Morgan fingerprint density at radius 1 is 1.26 bits per heavy atom. The fourth-order valence-corrected chi connectivity index (χ4v) is 2.75. The molecule has 0 aromatic heterocycles. The molecule has 0 saturated carbocycles. The number of ether oxygens (including phenoxy) is 3. The Kier molecular flexibility index (Phi) is 5.68. The summed E-state index contributed by atoms with van der Waals surface area (Å²) in [6, 6.07) is 3.45. The van der Waals surface area contributed by atoms with Gasteiger partial charge >= 0.3 is 0 Å². The molecule has 0 saturated heterocycles. The molecule has 1 aromatic rings. The van der Waals surface area contributed by atoms with Crippen LogP contribution in [0.5, 0.6) is 17.2 Å². The number of hydrogen-bond donors (Lipinski definition) is 0. The van der Waals surface area contributed by atoms with Crippen molar-refractivity contribution in [3.05, 3.63) is 42.5 Å². The van der Waals surface area contributed by atoms with Crippen LogP contribution in [0, 0.1) is 0 Å². The minimum absolute atomic E-state index is 0.0827. The van der Waals surface area contributed by atoms with Crippen LogP contribution >= 0.6 is 0 Å².